The molecule has 1 aromatic heterocycles. The summed E-state index contributed by atoms with van der Waals surface area (Å²) in [6.45, 7) is 2.01. The van der Waals surface area contributed by atoms with Crippen molar-refractivity contribution in [2.75, 3.05) is 16.8 Å². The quantitative estimate of drug-likeness (QED) is 0.882. The number of nitrogens with one attached hydrogen (secondary N) is 1. The van der Waals surface area contributed by atoms with Crippen LogP contribution >= 0.6 is 11.5 Å². The summed E-state index contributed by atoms with van der Waals surface area (Å²) in [5.41, 5.74) is 0. The van der Waals surface area contributed by atoms with Crippen molar-refractivity contribution in [2.45, 2.75) is 32.2 Å². The molecule has 1 fully saturated rings. The zero-order valence-electron chi connectivity index (χ0n) is 9.14. The molecule has 16 heavy (non-hydrogen) atoms. The van der Waals surface area contributed by atoms with Gasteiger partial charge in [-0.05, 0) is 12.8 Å². The number of sulfone groups is 1. The van der Waals surface area contributed by atoms with Gasteiger partial charge in [0.1, 0.15) is 15.7 Å². The monoisotopic (exact) mass is 261 g/mol. The molecule has 0 atom stereocenters. The lowest BCUT2D eigenvalue weighted by molar-refractivity contribution is 0.559. The molecule has 90 valence electrons. The predicted molar refractivity (Wildman–Crippen MR) is 64.6 cm³/mol. The van der Waals surface area contributed by atoms with E-state index in [9.17, 15) is 8.42 Å². The normalized spacial score (nSPS) is 20.8. The van der Waals surface area contributed by atoms with Crippen molar-refractivity contribution in [3.8, 4) is 0 Å². The summed E-state index contributed by atoms with van der Waals surface area (Å²) in [6, 6.07) is 0.223. The number of hydrogen-bond donors (Lipinski definition) is 1. The maximum atomic E-state index is 11.2. The van der Waals surface area contributed by atoms with Crippen LogP contribution in [0.1, 0.15) is 25.6 Å². The van der Waals surface area contributed by atoms with Crippen molar-refractivity contribution < 1.29 is 8.42 Å². The Morgan fingerprint density at radius 2 is 2.12 bits per heavy atom. The van der Waals surface area contributed by atoms with E-state index in [4.69, 9.17) is 0 Å². The summed E-state index contributed by atoms with van der Waals surface area (Å²) in [5.74, 6) is 1.41. The summed E-state index contributed by atoms with van der Waals surface area (Å²) >= 11 is 1.35. The fourth-order valence-corrected chi connectivity index (χ4v) is 3.88. The summed E-state index contributed by atoms with van der Waals surface area (Å²) in [7, 11) is -2.78. The van der Waals surface area contributed by atoms with Crippen molar-refractivity contribution in [3.05, 3.63) is 5.82 Å². The first-order valence-corrected chi connectivity index (χ1v) is 7.98. The van der Waals surface area contributed by atoms with Crippen LogP contribution < -0.4 is 5.32 Å². The molecule has 0 radical (unpaired) electrons. The Bertz CT molecular complexity index is 441. The van der Waals surface area contributed by atoms with E-state index in [1.165, 1.54) is 11.5 Å². The van der Waals surface area contributed by atoms with Crippen LogP contribution in [-0.2, 0) is 16.3 Å². The molecule has 0 spiro atoms. The topological polar surface area (TPSA) is 72.0 Å². The van der Waals surface area contributed by atoms with Crippen molar-refractivity contribution >= 4 is 26.5 Å². The molecule has 0 amide bonds. The first-order valence-electron chi connectivity index (χ1n) is 5.38. The molecule has 0 aliphatic carbocycles. The number of rotatable bonds is 3. The third kappa shape index (κ3) is 2.91. The molecule has 0 bridgehead atoms. The van der Waals surface area contributed by atoms with E-state index in [0.29, 0.717) is 12.8 Å². The zero-order chi connectivity index (χ0) is 11.6. The van der Waals surface area contributed by atoms with Crippen molar-refractivity contribution in [3.63, 3.8) is 0 Å². The van der Waals surface area contributed by atoms with Gasteiger partial charge in [-0.25, -0.2) is 13.4 Å². The molecular formula is C9H15N3O2S2. The average Bonchev–Trinajstić information content (AvgIpc) is 2.69. The Morgan fingerprint density at radius 3 is 2.69 bits per heavy atom. The van der Waals surface area contributed by atoms with Gasteiger partial charge in [0.15, 0.2) is 0 Å². The molecular weight excluding hydrogens is 246 g/mol. The summed E-state index contributed by atoms with van der Waals surface area (Å²) in [6.07, 6.45) is 2.17. The van der Waals surface area contributed by atoms with Gasteiger partial charge in [-0.1, -0.05) is 6.92 Å². The second kappa shape index (κ2) is 4.67. The Balaban J connectivity index is 1.91. The van der Waals surface area contributed by atoms with Gasteiger partial charge in [0, 0.05) is 24.0 Å². The molecule has 2 heterocycles. The molecule has 0 unspecified atom stereocenters. The number of anilines is 1. The van der Waals surface area contributed by atoms with E-state index in [2.05, 4.69) is 14.7 Å². The number of hydrogen-bond acceptors (Lipinski definition) is 6. The van der Waals surface area contributed by atoms with Crippen LogP contribution in [0, 0.1) is 0 Å². The first-order chi connectivity index (χ1) is 7.59. The van der Waals surface area contributed by atoms with E-state index >= 15 is 0 Å². The zero-order valence-corrected chi connectivity index (χ0v) is 10.8. The van der Waals surface area contributed by atoms with Crippen LogP contribution in [0.3, 0.4) is 0 Å². The van der Waals surface area contributed by atoms with Gasteiger partial charge in [0.25, 0.3) is 0 Å². The van der Waals surface area contributed by atoms with E-state index in [0.717, 1.165) is 17.4 Å². The Morgan fingerprint density at radius 1 is 1.44 bits per heavy atom. The molecule has 1 aliphatic rings. The Labute approximate surface area is 99.4 Å². The Kier molecular flexibility index (Phi) is 3.44. The third-order valence-electron chi connectivity index (χ3n) is 2.67. The van der Waals surface area contributed by atoms with Gasteiger partial charge in [-0.2, -0.15) is 4.37 Å². The Hall–Kier alpha value is -0.690. The van der Waals surface area contributed by atoms with Crippen LogP contribution in [0.15, 0.2) is 0 Å². The van der Waals surface area contributed by atoms with Crippen LogP contribution in [0.2, 0.25) is 0 Å². The number of aryl methyl sites for hydroxylation is 1. The fraction of sp³-hybridized carbons (Fsp3) is 0.778. The highest BCUT2D eigenvalue weighted by atomic mass is 32.2. The second-order valence-corrected chi connectivity index (χ2v) is 7.00. The summed E-state index contributed by atoms with van der Waals surface area (Å²) in [4.78, 5) is 4.31. The van der Waals surface area contributed by atoms with E-state index in [1.54, 1.807) is 0 Å². The molecule has 7 heteroatoms. The highest BCUT2D eigenvalue weighted by molar-refractivity contribution is 7.91. The minimum absolute atomic E-state index is 0.223. The molecule has 1 aliphatic heterocycles. The van der Waals surface area contributed by atoms with Gasteiger partial charge in [0.2, 0.25) is 5.13 Å². The molecule has 2 rings (SSSR count). The van der Waals surface area contributed by atoms with Crippen LogP contribution in [0.5, 0.6) is 0 Å². The predicted octanol–water partition coefficient (Wildman–Crippen LogP) is 1.09. The lowest BCUT2D eigenvalue weighted by Crippen LogP contribution is -2.32. The van der Waals surface area contributed by atoms with Gasteiger partial charge in [0.05, 0.1) is 11.5 Å². The molecule has 1 aromatic rings. The number of nitrogens with zero attached hydrogens (tertiary/aromatic N) is 2. The maximum Gasteiger partial charge on any atom is 0.202 e. The van der Waals surface area contributed by atoms with Gasteiger partial charge in [-0.3, -0.25) is 0 Å². The minimum Gasteiger partial charge on any atom is -0.357 e. The van der Waals surface area contributed by atoms with Crippen LogP contribution in [-0.4, -0.2) is 35.3 Å². The van der Waals surface area contributed by atoms with E-state index in [1.807, 2.05) is 6.92 Å². The molecule has 1 saturated heterocycles. The largest absolute Gasteiger partial charge is 0.357 e. The van der Waals surface area contributed by atoms with Gasteiger partial charge < -0.3 is 5.32 Å². The lowest BCUT2D eigenvalue weighted by atomic mass is 10.2. The van der Waals surface area contributed by atoms with Gasteiger partial charge >= 0.3 is 0 Å². The summed E-state index contributed by atoms with van der Waals surface area (Å²) < 4.78 is 26.7. The average molecular weight is 261 g/mol. The first kappa shape index (κ1) is 11.8. The van der Waals surface area contributed by atoms with Crippen molar-refractivity contribution in [1.29, 1.82) is 0 Å². The molecule has 0 aromatic carbocycles. The molecule has 5 nitrogen and oxygen atoms in total. The SMILES string of the molecule is CCc1nsc(NC2CCS(=O)(=O)CC2)n1. The van der Waals surface area contributed by atoms with Gasteiger partial charge in [-0.15, -0.1) is 0 Å². The minimum atomic E-state index is -2.78. The van der Waals surface area contributed by atoms with Crippen LogP contribution in [0.4, 0.5) is 5.13 Å². The van der Waals surface area contributed by atoms with E-state index < -0.39 is 9.84 Å². The highest BCUT2D eigenvalue weighted by Gasteiger charge is 2.23. The van der Waals surface area contributed by atoms with Crippen molar-refractivity contribution in [2.24, 2.45) is 0 Å². The third-order valence-corrected chi connectivity index (χ3v) is 5.07. The highest BCUT2D eigenvalue weighted by Crippen LogP contribution is 2.19. The summed E-state index contributed by atoms with van der Waals surface area (Å²) in [5, 5.41) is 4.06. The smallest absolute Gasteiger partial charge is 0.202 e. The second-order valence-electron chi connectivity index (χ2n) is 3.94. The standard InChI is InChI=1S/C9H15N3O2S2/c1-2-8-11-9(15-12-8)10-7-3-5-16(13,14)6-4-7/h7H,2-6H2,1H3,(H,10,11,12). The lowest BCUT2D eigenvalue weighted by Gasteiger charge is -2.22. The molecule has 1 N–H and O–H groups in total. The fourth-order valence-electron chi connectivity index (χ4n) is 1.67. The van der Waals surface area contributed by atoms with Crippen LogP contribution in [0.25, 0.3) is 0 Å². The molecule has 0 saturated carbocycles. The van der Waals surface area contributed by atoms with Crippen molar-refractivity contribution in [1.82, 2.24) is 9.36 Å². The number of aromatic nitrogens is 2. The maximum absolute atomic E-state index is 11.2. The van der Waals surface area contributed by atoms with E-state index in [-0.39, 0.29) is 17.5 Å².